The van der Waals surface area contributed by atoms with Gasteiger partial charge in [-0.15, -0.1) is 16.8 Å². The fourth-order valence-corrected chi connectivity index (χ4v) is 3.77. The van der Waals surface area contributed by atoms with Crippen LogP contribution >= 0.6 is 27.7 Å². The number of rotatable bonds is 6. The van der Waals surface area contributed by atoms with Crippen molar-refractivity contribution in [2.75, 3.05) is 5.75 Å². The maximum atomic E-state index is 10.9. The zero-order valence-electron chi connectivity index (χ0n) is 12.6. The van der Waals surface area contributed by atoms with Crippen LogP contribution in [0.25, 0.3) is 16.5 Å². The van der Waals surface area contributed by atoms with Gasteiger partial charge in [-0.25, -0.2) is 0 Å². The molecule has 0 fully saturated rings. The third-order valence-electron chi connectivity index (χ3n) is 3.52. The summed E-state index contributed by atoms with van der Waals surface area (Å²) in [6.45, 7) is 3.81. The maximum Gasteiger partial charge on any atom is 0.313 e. The topological polar surface area (TPSA) is 68.0 Å². The van der Waals surface area contributed by atoms with Crippen molar-refractivity contribution < 1.29 is 9.90 Å². The van der Waals surface area contributed by atoms with Crippen LogP contribution in [0.2, 0.25) is 0 Å². The number of fused-ring (bicyclic) bond motifs is 1. The van der Waals surface area contributed by atoms with Crippen LogP contribution < -0.4 is 0 Å². The molecule has 0 atom stereocenters. The molecule has 1 N–H and O–H groups in total. The minimum absolute atomic E-state index is 0.0718. The average Bonchev–Trinajstić information content (AvgIpc) is 2.94. The number of benzene rings is 2. The molecule has 24 heavy (non-hydrogen) atoms. The molecule has 1 aromatic heterocycles. The smallest absolute Gasteiger partial charge is 0.313 e. The molecular weight excluding hydrogens is 390 g/mol. The van der Waals surface area contributed by atoms with Crippen molar-refractivity contribution in [3.05, 3.63) is 59.4 Å². The molecule has 0 amide bonds. The van der Waals surface area contributed by atoms with E-state index in [2.05, 4.69) is 44.8 Å². The van der Waals surface area contributed by atoms with Crippen molar-refractivity contribution in [3.63, 3.8) is 0 Å². The number of aromatic nitrogens is 3. The first-order chi connectivity index (χ1) is 11.6. The van der Waals surface area contributed by atoms with E-state index < -0.39 is 5.97 Å². The maximum absolute atomic E-state index is 10.9. The Hall–Kier alpha value is -2.12. The van der Waals surface area contributed by atoms with E-state index in [4.69, 9.17) is 5.11 Å². The molecule has 2 aromatic carbocycles. The molecule has 0 unspecified atom stereocenters. The largest absolute Gasteiger partial charge is 0.481 e. The second-order valence-electron chi connectivity index (χ2n) is 5.05. The van der Waals surface area contributed by atoms with E-state index in [0.29, 0.717) is 9.89 Å². The quantitative estimate of drug-likeness (QED) is 0.495. The molecule has 0 spiro atoms. The normalized spacial score (nSPS) is 10.9. The predicted molar refractivity (Wildman–Crippen MR) is 98.8 cm³/mol. The molecule has 0 saturated carbocycles. The summed E-state index contributed by atoms with van der Waals surface area (Å²) in [4.78, 5) is 10.9. The summed E-state index contributed by atoms with van der Waals surface area (Å²) >= 11 is 4.55. The van der Waals surface area contributed by atoms with E-state index in [1.807, 2.05) is 34.9 Å². The van der Waals surface area contributed by atoms with Crippen LogP contribution in [0.3, 0.4) is 0 Å². The Morgan fingerprint density at radius 3 is 2.71 bits per heavy atom. The van der Waals surface area contributed by atoms with Crippen LogP contribution in [0.4, 0.5) is 0 Å². The Morgan fingerprint density at radius 1 is 1.25 bits per heavy atom. The lowest BCUT2D eigenvalue weighted by atomic mass is 10.0. The van der Waals surface area contributed by atoms with Gasteiger partial charge in [0.15, 0.2) is 5.16 Å². The summed E-state index contributed by atoms with van der Waals surface area (Å²) in [5, 5.41) is 19.7. The predicted octanol–water partition coefficient (Wildman–Crippen LogP) is 4.09. The van der Waals surface area contributed by atoms with Gasteiger partial charge in [-0.2, -0.15) is 0 Å². The van der Waals surface area contributed by atoms with Crippen LogP contribution in [0, 0.1) is 0 Å². The Bertz CT molecular complexity index is 923. The zero-order chi connectivity index (χ0) is 17.1. The molecule has 3 rings (SSSR count). The molecule has 0 aliphatic rings. The molecule has 3 aromatic rings. The Morgan fingerprint density at radius 2 is 2.00 bits per heavy atom. The second-order valence-corrected chi connectivity index (χ2v) is 6.70. The van der Waals surface area contributed by atoms with Gasteiger partial charge in [0.1, 0.15) is 0 Å². The average molecular weight is 404 g/mol. The number of halogens is 1. The lowest BCUT2D eigenvalue weighted by Gasteiger charge is -2.13. The first-order valence-electron chi connectivity index (χ1n) is 7.19. The van der Waals surface area contributed by atoms with Crippen molar-refractivity contribution in [3.8, 4) is 5.69 Å². The third-order valence-corrected chi connectivity index (χ3v) is 4.94. The lowest BCUT2D eigenvalue weighted by Crippen LogP contribution is -2.03. The molecule has 0 aliphatic carbocycles. The number of hydrogen-bond acceptors (Lipinski definition) is 4. The Kier molecular flexibility index (Phi) is 5.01. The summed E-state index contributed by atoms with van der Waals surface area (Å²) in [5.41, 5.74) is 2.09. The van der Waals surface area contributed by atoms with Gasteiger partial charge >= 0.3 is 5.97 Å². The Labute approximate surface area is 151 Å². The van der Waals surface area contributed by atoms with E-state index in [9.17, 15) is 4.79 Å². The van der Waals surface area contributed by atoms with Gasteiger partial charge in [-0.1, -0.05) is 48.2 Å². The summed E-state index contributed by atoms with van der Waals surface area (Å²) in [7, 11) is 0. The number of allylic oxidation sites excluding steroid dienone is 1. The first-order valence-corrected chi connectivity index (χ1v) is 8.97. The van der Waals surface area contributed by atoms with E-state index in [1.54, 1.807) is 0 Å². The van der Waals surface area contributed by atoms with Gasteiger partial charge in [0, 0.05) is 5.39 Å². The van der Waals surface area contributed by atoms with Gasteiger partial charge in [-0.05, 0) is 39.4 Å². The van der Waals surface area contributed by atoms with E-state index >= 15 is 0 Å². The number of carboxylic acids is 1. The fourth-order valence-electron chi connectivity index (χ4n) is 2.55. The number of hydrogen-bond donors (Lipinski definition) is 1. The van der Waals surface area contributed by atoms with Crippen molar-refractivity contribution in [1.29, 1.82) is 0 Å². The van der Waals surface area contributed by atoms with Crippen LogP contribution in [0.5, 0.6) is 0 Å². The number of nitrogens with zero attached hydrogens (tertiary/aromatic N) is 3. The first kappa shape index (κ1) is 16.7. The molecule has 0 aliphatic heterocycles. The highest BCUT2D eigenvalue weighted by molar-refractivity contribution is 9.10. The number of carboxylic acid groups (broad SMARTS) is 1. The van der Waals surface area contributed by atoms with Gasteiger partial charge < -0.3 is 5.11 Å². The zero-order valence-corrected chi connectivity index (χ0v) is 15.0. The van der Waals surface area contributed by atoms with Crippen molar-refractivity contribution in [2.45, 2.75) is 11.6 Å². The highest BCUT2D eigenvalue weighted by atomic mass is 79.9. The Balaban J connectivity index is 2.17. The van der Waals surface area contributed by atoms with Gasteiger partial charge in [0.2, 0.25) is 4.73 Å². The standard InChI is InChI=1S/C17H14BrN3O2S/c1-2-5-11-8-9-14(13-7-4-3-6-12(11)13)21-16(18)19-20-17(21)24-10-15(22)23/h2-4,6-9H,1,5,10H2,(H,22,23). The molecule has 122 valence electrons. The minimum Gasteiger partial charge on any atom is -0.481 e. The molecule has 0 bridgehead atoms. The minimum atomic E-state index is -0.892. The summed E-state index contributed by atoms with van der Waals surface area (Å²) in [5.74, 6) is -0.964. The molecule has 5 nitrogen and oxygen atoms in total. The van der Waals surface area contributed by atoms with E-state index in [0.717, 1.165) is 34.6 Å². The highest BCUT2D eigenvalue weighted by Gasteiger charge is 2.16. The van der Waals surface area contributed by atoms with E-state index in [-0.39, 0.29) is 5.75 Å². The van der Waals surface area contributed by atoms with Gasteiger partial charge in [0.05, 0.1) is 11.4 Å². The van der Waals surface area contributed by atoms with Crippen LogP contribution in [-0.4, -0.2) is 31.6 Å². The van der Waals surface area contributed by atoms with Gasteiger partial charge in [0.25, 0.3) is 0 Å². The van der Waals surface area contributed by atoms with Crippen LogP contribution in [-0.2, 0) is 11.2 Å². The monoisotopic (exact) mass is 403 g/mol. The third kappa shape index (κ3) is 3.22. The number of carbonyl (C=O) groups is 1. The van der Waals surface area contributed by atoms with Crippen molar-refractivity contribution in [2.24, 2.45) is 0 Å². The summed E-state index contributed by atoms with van der Waals surface area (Å²) < 4.78 is 2.37. The fraction of sp³-hybridized carbons (Fsp3) is 0.118. The molecule has 7 heteroatoms. The van der Waals surface area contributed by atoms with Crippen LogP contribution in [0.15, 0.2) is 58.9 Å². The number of aliphatic carboxylic acids is 1. The van der Waals surface area contributed by atoms with Crippen molar-refractivity contribution in [1.82, 2.24) is 14.8 Å². The lowest BCUT2D eigenvalue weighted by molar-refractivity contribution is -0.133. The highest BCUT2D eigenvalue weighted by Crippen LogP contribution is 2.31. The second kappa shape index (κ2) is 7.19. The number of thioether (sulfide) groups is 1. The summed E-state index contributed by atoms with van der Waals surface area (Å²) in [6, 6.07) is 12.1. The molecule has 0 saturated heterocycles. The van der Waals surface area contributed by atoms with Crippen molar-refractivity contribution >= 4 is 44.4 Å². The van der Waals surface area contributed by atoms with Crippen LogP contribution in [0.1, 0.15) is 5.56 Å². The molecule has 1 heterocycles. The summed E-state index contributed by atoms with van der Waals surface area (Å²) in [6.07, 6.45) is 2.66. The van der Waals surface area contributed by atoms with Gasteiger partial charge in [-0.3, -0.25) is 9.36 Å². The SMILES string of the molecule is C=CCc1ccc(-n2c(Br)nnc2SCC(=O)O)c2ccccc12. The van der Waals surface area contributed by atoms with E-state index in [1.165, 1.54) is 5.56 Å². The molecular formula is C17H14BrN3O2S. The molecule has 0 radical (unpaired) electrons.